The quantitative estimate of drug-likeness (QED) is 0.0951. The number of nitrogens with two attached hydrogens (primary N) is 1. The maximum absolute atomic E-state index is 14.1. The summed E-state index contributed by atoms with van der Waals surface area (Å²) in [5, 5.41) is 28.4. The fraction of sp³-hybridized carbons (Fsp3) is 0.341. The second kappa shape index (κ2) is 21.8. The standard InChI is InChI=1S/C44H46N14O6S6/c1-18(2)31-43-55-28(17-69-43)41-51-24(13-66-41)34-21(7-8-22(49-34)40-53-25(14-67-40)35(61)47-10-9-45)39-52-27(16-65-39)37(63)50-23(11-29(59)46-6)42-58-33(20(5)70-42)38(64)57-32(19(3)4)44-54-26(15-68-44)36(62)48-12-30(60)56-31/h7-8,13-19,23,31-32H,9-12,45H2,1-6H3,(H,46,59)(H,47,61)(H,48,62)(H,50,63)(H,56,60)(H,57,64). The minimum Gasteiger partial charge on any atom is -0.359 e. The van der Waals surface area contributed by atoms with Crippen LogP contribution in [0, 0.1) is 18.8 Å². The Morgan fingerprint density at radius 3 is 2.03 bits per heavy atom. The third kappa shape index (κ3) is 11.2. The minimum atomic E-state index is -0.936. The SMILES string of the molecule is CNC(=O)CC1NC(=O)c2csc(n2)-c2ccc(-c3nc(C(=O)NCCN)cs3)nc2-c2csc(n2)-c2csc(n2)C(C(C)C)NC(=O)CNC(=O)c2csc(n2)C(C(C)C)NC(=O)c2nc1sc2C. The van der Waals surface area contributed by atoms with Crippen LogP contribution in [-0.4, -0.2) is 97.0 Å². The fourth-order valence-corrected chi connectivity index (χ4v) is 12.4. The predicted octanol–water partition coefficient (Wildman–Crippen LogP) is 5.78. The van der Waals surface area contributed by atoms with Gasteiger partial charge < -0.3 is 37.6 Å². The number of aryl methyl sites for hydroxylation is 1. The zero-order valence-corrected chi connectivity index (χ0v) is 43.3. The molecule has 6 amide bonds. The Morgan fingerprint density at radius 1 is 0.671 bits per heavy atom. The van der Waals surface area contributed by atoms with Crippen molar-refractivity contribution in [3.8, 4) is 43.4 Å². The number of amides is 6. The summed E-state index contributed by atoms with van der Waals surface area (Å²) in [6.45, 7) is 9.71. The third-order valence-corrected chi connectivity index (χ3v) is 16.2. The lowest BCUT2D eigenvalue weighted by molar-refractivity contribution is -0.122. The highest BCUT2D eigenvalue weighted by Gasteiger charge is 2.31. The summed E-state index contributed by atoms with van der Waals surface area (Å²) in [7, 11) is 1.48. The molecule has 1 aliphatic rings. The van der Waals surface area contributed by atoms with Gasteiger partial charge >= 0.3 is 0 Å². The number of nitrogens with zero attached hydrogens (tertiary/aromatic N) is 7. The van der Waals surface area contributed by atoms with E-state index in [4.69, 9.17) is 25.7 Å². The van der Waals surface area contributed by atoms with Crippen LogP contribution in [0.4, 0.5) is 0 Å². The number of hydrogen-bond acceptors (Lipinski definition) is 20. The molecule has 26 heteroatoms. The van der Waals surface area contributed by atoms with E-state index in [0.717, 1.165) is 0 Å². The highest BCUT2D eigenvalue weighted by atomic mass is 32.1. The van der Waals surface area contributed by atoms with Crippen LogP contribution in [0.25, 0.3) is 43.4 Å². The maximum Gasteiger partial charge on any atom is 0.271 e. The van der Waals surface area contributed by atoms with Crippen LogP contribution >= 0.6 is 68.0 Å². The van der Waals surface area contributed by atoms with Gasteiger partial charge in [-0.25, -0.2) is 34.9 Å². The molecule has 8 rings (SSSR count). The van der Waals surface area contributed by atoms with Gasteiger partial charge in [-0.2, -0.15) is 0 Å². The van der Waals surface area contributed by atoms with Crippen molar-refractivity contribution in [1.82, 2.24) is 66.8 Å². The van der Waals surface area contributed by atoms with E-state index >= 15 is 0 Å². The average molecular weight is 1060 g/mol. The topological polar surface area (TPSA) is 291 Å². The zero-order valence-electron chi connectivity index (χ0n) is 38.4. The number of fused-ring (bicyclic) bond motifs is 14. The van der Waals surface area contributed by atoms with Gasteiger partial charge in [-0.05, 0) is 30.9 Å². The molecule has 364 valence electrons. The summed E-state index contributed by atoms with van der Waals surface area (Å²) in [6, 6.07) is 1.53. The fourth-order valence-electron chi connectivity index (χ4n) is 6.99. The molecule has 0 aliphatic carbocycles. The van der Waals surface area contributed by atoms with Gasteiger partial charge in [0.15, 0.2) is 0 Å². The molecular formula is C44H46N14O6S6. The molecule has 3 unspecified atom stereocenters. The Kier molecular flexibility index (Phi) is 15.6. The number of rotatable bonds is 8. The largest absolute Gasteiger partial charge is 0.359 e. The second-order valence-electron chi connectivity index (χ2n) is 16.4. The van der Waals surface area contributed by atoms with E-state index in [1.54, 1.807) is 29.1 Å². The number of thiazole rings is 6. The number of hydrogen-bond donors (Lipinski definition) is 7. The molecule has 0 saturated heterocycles. The molecule has 0 fully saturated rings. The van der Waals surface area contributed by atoms with Crippen molar-refractivity contribution in [2.24, 2.45) is 17.6 Å². The van der Waals surface area contributed by atoms with Gasteiger partial charge in [0.1, 0.15) is 69.9 Å². The van der Waals surface area contributed by atoms with Crippen LogP contribution in [0.3, 0.4) is 0 Å². The van der Waals surface area contributed by atoms with E-state index in [1.165, 1.54) is 75.1 Å². The summed E-state index contributed by atoms with van der Waals surface area (Å²) in [5.41, 5.74) is 8.57. The van der Waals surface area contributed by atoms with E-state index in [9.17, 15) is 28.8 Å². The summed E-state index contributed by atoms with van der Waals surface area (Å²) in [6.07, 6.45) is -0.180. The molecular weight excluding hydrogens is 1010 g/mol. The summed E-state index contributed by atoms with van der Waals surface area (Å²) < 4.78 is 0. The molecule has 20 nitrogen and oxygen atoms in total. The van der Waals surface area contributed by atoms with Gasteiger partial charge in [-0.1, -0.05) is 27.7 Å². The van der Waals surface area contributed by atoms with Crippen LogP contribution in [-0.2, 0) is 9.59 Å². The van der Waals surface area contributed by atoms with Crippen LogP contribution in [0.2, 0.25) is 0 Å². The molecule has 7 aromatic rings. The number of carbonyl (C=O) groups excluding carboxylic acids is 6. The van der Waals surface area contributed by atoms with Crippen molar-refractivity contribution in [3.63, 3.8) is 0 Å². The van der Waals surface area contributed by atoms with Crippen molar-refractivity contribution in [3.05, 3.63) is 81.7 Å². The molecule has 10 bridgehead atoms. The zero-order chi connectivity index (χ0) is 49.8. The summed E-state index contributed by atoms with van der Waals surface area (Å²) in [4.78, 5) is 114. The van der Waals surface area contributed by atoms with Gasteiger partial charge in [0.05, 0.1) is 36.8 Å². The van der Waals surface area contributed by atoms with Gasteiger partial charge in [0, 0.05) is 57.5 Å². The molecule has 0 aromatic carbocycles. The smallest absolute Gasteiger partial charge is 0.271 e. The number of aromatic nitrogens is 7. The lowest BCUT2D eigenvalue weighted by Crippen LogP contribution is -2.40. The van der Waals surface area contributed by atoms with Crippen molar-refractivity contribution in [1.29, 1.82) is 0 Å². The number of pyridine rings is 1. The highest BCUT2D eigenvalue weighted by Crippen LogP contribution is 2.39. The highest BCUT2D eigenvalue weighted by molar-refractivity contribution is 7.15. The Morgan fingerprint density at radius 2 is 1.30 bits per heavy atom. The number of carbonyl (C=O) groups is 6. The van der Waals surface area contributed by atoms with Crippen LogP contribution in [0.15, 0.2) is 39.0 Å². The molecule has 7 aromatic heterocycles. The molecule has 70 heavy (non-hydrogen) atoms. The van der Waals surface area contributed by atoms with E-state index in [2.05, 4.69) is 46.9 Å². The van der Waals surface area contributed by atoms with Gasteiger partial charge in [-0.3, -0.25) is 28.8 Å². The first-order valence-corrected chi connectivity index (χ1v) is 27.0. The summed E-state index contributed by atoms with van der Waals surface area (Å²) in [5.74, 6) is -3.03. The molecule has 1 aliphatic heterocycles. The monoisotopic (exact) mass is 1060 g/mol. The minimum absolute atomic E-state index is 0.0669. The molecule has 0 saturated carbocycles. The molecule has 8 N–H and O–H groups in total. The molecule has 8 heterocycles. The van der Waals surface area contributed by atoms with Crippen LogP contribution < -0.4 is 37.6 Å². The van der Waals surface area contributed by atoms with E-state index in [-0.39, 0.29) is 65.9 Å². The molecule has 0 spiro atoms. The van der Waals surface area contributed by atoms with Gasteiger partial charge in [0.25, 0.3) is 23.6 Å². The second-order valence-corrected chi connectivity index (χ2v) is 22.0. The number of nitrogens with one attached hydrogen (secondary N) is 6. The summed E-state index contributed by atoms with van der Waals surface area (Å²) >= 11 is 7.54. The third-order valence-electron chi connectivity index (χ3n) is 10.7. The van der Waals surface area contributed by atoms with Crippen molar-refractivity contribution < 1.29 is 28.8 Å². The van der Waals surface area contributed by atoms with Crippen molar-refractivity contribution in [2.75, 3.05) is 26.7 Å². The first-order chi connectivity index (χ1) is 33.6. The van der Waals surface area contributed by atoms with E-state index in [0.29, 0.717) is 69.8 Å². The average Bonchev–Trinajstić information content (AvgIpc) is 4.21. The van der Waals surface area contributed by atoms with Gasteiger partial charge in [-0.15, -0.1) is 68.0 Å². The van der Waals surface area contributed by atoms with E-state index < -0.39 is 41.8 Å². The Bertz CT molecular complexity index is 3090. The molecule has 0 radical (unpaired) electrons. The van der Waals surface area contributed by atoms with Crippen LogP contribution in [0.5, 0.6) is 0 Å². The Labute approximate surface area is 424 Å². The Hall–Kier alpha value is -6.29. The first-order valence-electron chi connectivity index (χ1n) is 21.8. The maximum atomic E-state index is 14.1. The normalized spacial score (nSPS) is 16.8. The van der Waals surface area contributed by atoms with Crippen molar-refractivity contribution >= 4 is 103 Å². The lowest BCUT2D eigenvalue weighted by Gasteiger charge is -2.20. The van der Waals surface area contributed by atoms with Crippen molar-refractivity contribution in [2.45, 2.75) is 59.2 Å². The lowest BCUT2D eigenvalue weighted by atomic mass is 10.0. The Balaban J connectivity index is 1.19. The van der Waals surface area contributed by atoms with Gasteiger partial charge in [0.2, 0.25) is 11.8 Å². The predicted molar refractivity (Wildman–Crippen MR) is 271 cm³/mol. The van der Waals surface area contributed by atoms with E-state index in [1.807, 2.05) is 44.5 Å². The molecule has 3 atom stereocenters. The first kappa shape index (κ1) is 50.1. The van der Waals surface area contributed by atoms with Crippen LogP contribution in [0.1, 0.15) is 114 Å².